The zero-order chi connectivity index (χ0) is 17.0. The van der Waals surface area contributed by atoms with E-state index in [1.807, 2.05) is 0 Å². The highest BCUT2D eigenvalue weighted by atomic mass is 79.9. The number of benzene rings is 1. The van der Waals surface area contributed by atoms with Crippen LogP contribution in [0.25, 0.3) is 6.08 Å². The molecule has 2 aliphatic carbocycles. The zero-order valence-corrected chi connectivity index (χ0v) is 17.7. The fourth-order valence-electron chi connectivity index (χ4n) is 4.15. The molecule has 0 radical (unpaired) electrons. The first-order chi connectivity index (χ1) is 10.6. The number of allylic oxidation sites excluding steroid dienone is 5. The smallest absolute Gasteiger partial charge is 0.0771 e. The van der Waals surface area contributed by atoms with E-state index in [-0.39, 0.29) is 5.41 Å². The molecule has 0 saturated carbocycles. The molecule has 0 heterocycles. The Balaban J connectivity index is 2.00. The molecule has 1 unspecified atom stereocenters. The van der Waals surface area contributed by atoms with Crippen LogP contribution < -0.4 is 0 Å². The second-order valence-electron chi connectivity index (χ2n) is 8.57. The van der Waals surface area contributed by atoms with Crippen LogP contribution >= 0.6 is 15.9 Å². The molecular weight excluding hydrogens is 360 g/mol. The summed E-state index contributed by atoms with van der Waals surface area (Å²) in [5, 5.41) is 1.62. The normalized spacial score (nSPS) is 21.0. The molecule has 122 valence electrons. The maximum atomic E-state index is 3.72. The SMILES string of the molecule is CC1=Cc2c(Br)cccc2C1C(C)(C)C1=CC([Si](C)(C)C)=CC1. The number of hydrogen-bond donors (Lipinski definition) is 0. The summed E-state index contributed by atoms with van der Waals surface area (Å²) in [5.41, 5.74) is 6.09. The Labute approximate surface area is 150 Å². The van der Waals surface area contributed by atoms with Gasteiger partial charge in [-0.3, -0.25) is 0 Å². The van der Waals surface area contributed by atoms with E-state index in [0.29, 0.717) is 5.92 Å². The summed E-state index contributed by atoms with van der Waals surface area (Å²) in [6, 6.07) is 6.63. The molecule has 23 heavy (non-hydrogen) atoms. The average Bonchev–Trinajstić information content (AvgIpc) is 3.03. The largest absolute Gasteiger partial charge is 0.0812 e. The third-order valence-corrected chi connectivity index (χ3v) is 8.28. The lowest BCUT2D eigenvalue weighted by atomic mass is 9.68. The topological polar surface area (TPSA) is 0 Å². The van der Waals surface area contributed by atoms with Crippen molar-refractivity contribution in [1.82, 2.24) is 0 Å². The molecule has 0 saturated heterocycles. The second kappa shape index (κ2) is 5.60. The predicted molar refractivity (Wildman–Crippen MR) is 108 cm³/mol. The Hall–Kier alpha value is -0.863. The Morgan fingerprint density at radius 1 is 1.13 bits per heavy atom. The van der Waals surface area contributed by atoms with Gasteiger partial charge in [0.1, 0.15) is 0 Å². The lowest BCUT2D eigenvalue weighted by molar-refractivity contribution is 0.383. The summed E-state index contributed by atoms with van der Waals surface area (Å²) in [7, 11) is -1.22. The van der Waals surface area contributed by atoms with Crippen LogP contribution in [0.2, 0.25) is 19.6 Å². The van der Waals surface area contributed by atoms with Crippen LogP contribution in [0.15, 0.2) is 51.2 Å². The van der Waals surface area contributed by atoms with Crippen molar-refractivity contribution in [2.75, 3.05) is 0 Å². The van der Waals surface area contributed by atoms with Crippen molar-refractivity contribution in [2.24, 2.45) is 5.41 Å². The van der Waals surface area contributed by atoms with Gasteiger partial charge in [-0.25, -0.2) is 0 Å². The van der Waals surface area contributed by atoms with Crippen LogP contribution in [-0.2, 0) is 0 Å². The van der Waals surface area contributed by atoms with Crippen LogP contribution in [0.3, 0.4) is 0 Å². The monoisotopic (exact) mass is 386 g/mol. The van der Waals surface area contributed by atoms with E-state index in [1.54, 1.807) is 10.8 Å². The van der Waals surface area contributed by atoms with Crippen LogP contribution in [0, 0.1) is 5.41 Å². The van der Waals surface area contributed by atoms with Gasteiger partial charge in [-0.15, -0.1) is 0 Å². The van der Waals surface area contributed by atoms with E-state index in [0.717, 1.165) is 6.42 Å². The summed E-state index contributed by atoms with van der Waals surface area (Å²) >= 11 is 3.72. The molecule has 1 aromatic carbocycles. The molecule has 1 aromatic rings. The number of rotatable bonds is 3. The number of hydrogen-bond acceptors (Lipinski definition) is 0. The van der Waals surface area contributed by atoms with Crippen molar-refractivity contribution >= 4 is 30.1 Å². The van der Waals surface area contributed by atoms with Gasteiger partial charge in [-0.1, -0.05) is 96.1 Å². The van der Waals surface area contributed by atoms with Gasteiger partial charge in [0.15, 0.2) is 0 Å². The van der Waals surface area contributed by atoms with Crippen molar-refractivity contribution < 1.29 is 0 Å². The summed E-state index contributed by atoms with van der Waals surface area (Å²) in [4.78, 5) is 0. The van der Waals surface area contributed by atoms with E-state index in [4.69, 9.17) is 0 Å². The van der Waals surface area contributed by atoms with Crippen molar-refractivity contribution in [3.63, 3.8) is 0 Å². The van der Waals surface area contributed by atoms with Crippen LogP contribution in [0.4, 0.5) is 0 Å². The molecule has 0 nitrogen and oxygen atoms in total. The first kappa shape index (κ1) is 17.0. The summed E-state index contributed by atoms with van der Waals surface area (Å²) in [6.45, 7) is 14.5. The Bertz CT molecular complexity index is 742. The minimum Gasteiger partial charge on any atom is -0.0812 e. The summed E-state index contributed by atoms with van der Waals surface area (Å²) < 4.78 is 1.22. The highest BCUT2D eigenvalue weighted by Gasteiger charge is 2.40. The summed E-state index contributed by atoms with van der Waals surface area (Å²) in [5.74, 6) is 0.482. The van der Waals surface area contributed by atoms with Gasteiger partial charge in [0.2, 0.25) is 0 Å². The van der Waals surface area contributed by atoms with Gasteiger partial charge in [-0.05, 0) is 36.0 Å². The first-order valence-corrected chi connectivity index (χ1v) is 12.8. The van der Waals surface area contributed by atoms with Gasteiger partial charge in [-0.2, -0.15) is 0 Å². The van der Waals surface area contributed by atoms with Crippen LogP contribution in [0.5, 0.6) is 0 Å². The third-order valence-electron chi connectivity index (χ3n) is 5.51. The van der Waals surface area contributed by atoms with Gasteiger partial charge >= 0.3 is 0 Å². The number of halogens is 1. The standard InChI is InChI=1S/C21H27BrSi/c1-14-12-18-17(8-7-9-19(18)22)20(14)21(2,3)15-10-11-16(13-15)23(4,5)6/h7-9,11-13,20H,10H2,1-6H3. The van der Waals surface area contributed by atoms with Crippen molar-refractivity contribution in [3.8, 4) is 0 Å². The third kappa shape index (κ3) is 2.85. The van der Waals surface area contributed by atoms with Gasteiger partial charge in [0, 0.05) is 10.4 Å². The van der Waals surface area contributed by atoms with Crippen LogP contribution in [0.1, 0.15) is 44.2 Å². The zero-order valence-electron chi connectivity index (χ0n) is 15.1. The predicted octanol–water partition coefficient (Wildman–Crippen LogP) is 7.11. The molecule has 0 aromatic heterocycles. The van der Waals surface area contributed by atoms with Crippen molar-refractivity contribution in [3.05, 3.63) is 62.3 Å². The van der Waals surface area contributed by atoms with E-state index >= 15 is 0 Å². The minimum atomic E-state index is -1.22. The van der Waals surface area contributed by atoms with Gasteiger partial charge < -0.3 is 0 Å². The Morgan fingerprint density at radius 3 is 2.43 bits per heavy atom. The number of fused-ring (bicyclic) bond motifs is 1. The molecule has 1 atom stereocenters. The molecule has 0 amide bonds. The molecule has 0 bridgehead atoms. The quantitative estimate of drug-likeness (QED) is 0.485. The lowest BCUT2D eigenvalue weighted by Gasteiger charge is -2.36. The molecule has 3 rings (SSSR count). The maximum absolute atomic E-state index is 3.72. The fraction of sp³-hybridized carbons (Fsp3) is 0.429. The van der Waals surface area contributed by atoms with Crippen LogP contribution in [-0.4, -0.2) is 8.07 Å². The van der Waals surface area contributed by atoms with Crippen molar-refractivity contribution in [1.29, 1.82) is 0 Å². The maximum Gasteiger partial charge on any atom is 0.0771 e. The molecular formula is C21H27BrSi. The first-order valence-electron chi connectivity index (χ1n) is 8.50. The molecule has 2 aliphatic rings. The van der Waals surface area contributed by atoms with Gasteiger partial charge in [0.25, 0.3) is 0 Å². The minimum absolute atomic E-state index is 0.157. The van der Waals surface area contributed by atoms with E-state index in [2.05, 4.69) is 92.8 Å². The fourth-order valence-corrected chi connectivity index (χ4v) is 5.97. The van der Waals surface area contributed by atoms with Crippen molar-refractivity contribution in [2.45, 2.75) is 52.8 Å². The molecule has 0 N–H and O–H groups in total. The van der Waals surface area contributed by atoms with E-state index < -0.39 is 8.07 Å². The molecule has 0 aliphatic heterocycles. The molecule has 0 spiro atoms. The summed E-state index contributed by atoms with van der Waals surface area (Å²) in [6.07, 6.45) is 8.50. The van der Waals surface area contributed by atoms with E-state index in [9.17, 15) is 0 Å². The van der Waals surface area contributed by atoms with E-state index in [1.165, 1.54) is 21.2 Å². The molecule has 0 fully saturated rings. The lowest BCUT2D eigenvalue weighted by Crippen LogP contribution is -2.25. The average molecular weight is 387 g/mol. The Kier molecular flexibility index (Phi) is 4.13. The second-order valence-corrected chi connectivity index (χ2v) is 14.5. The molecule has 2 heteroatoms. The highest BCUT2D eigenvalue weighted by Crippen LogP contribution is 2.53. The Morgan fingerprint density at radius 2 is 1.83 bits per heavy atom. The van der Waals surface area contributed by atoms with Gasteiger partial charge in [0.05, 0.1) is 8.07 Å². The highest BCUT2D eigenvalue weighted by molar-refractivity contribution is 9.10.